The monoisotopic (exact) mass is 329 g/mol. The van der Waals surface area contributed by atoms with Crippen molar-refractivity contribution in [2.75, 3.05) is 6.61 Å². The number of halogens is 1. The number of aliphatic carboxylic acids is 1. The van der Waals surface area contributed by atoms with Crippen LogP contribution >= 0.6 is 15.9 Å². The molecule has 0 heterocycles. The second-order valence-corrected chi connectivity index (χ2v) is 5.29. The first-order valence-electron chi connectivity index (χ1n) is 6.44. The van der Waals surface area contributed by atoms with Gasteiger partial charge in [-0.3, -0.25) is 4.79 Å². The SMILES string of the molecule is CCCOc1ccc(C(N)CCCC(=O)O)cc1Br. The van der Waals surface area contributed by atoms with Gasteiger partial charge in [0.05, 0.1) is 11.1 Å². The molecule has 0 aliphatic rings. The molecule has 0 fully saturated rings. The average Bonchev–Trinajstić information content (AvgIpc) is 2.36. The van der Waals surface area contributed by atoms with Crippen LogP contribution in [0.1, 0.15) is 44.2 Å². The lowest BCUT2D eigenvalue weighted by Crippen LogP contribution is -2.11. The highest BCUT2D eigenvalue weighted by molar-refractivity contribution is 9.10. The average molecular weight is 330 g/mol. The molecule has 0 saturated carbocycles. The number of carboxylic acids is 1. The third-order valence-corrected chi connectivity index (χ3v) is 3.37. The van der Waals surface area contributed by atoms with Crippen LogP contribution in [0.5, 0.6) is 5.75 Å². The summed E-state index contributed by atoms with van der Waals surface area (Å²) in [5.74, 6) is 0.0278. The van der Waals surface area contributed by atoms with Crippen LogP contribution in [0.15, 0.2) is 22.7 Å². The lowest BCUT2D eigenvalue weighted by Gasteiger charge is -2.14. The number of rotatable bonds is 8. The van der Waals surface area contributed by atoms with E-state index in [1.54, 1.807) is 0 Å². The van der Waals surface area contributed by atoms with Gasteiger partial charge in [-0.2, -0.15) is 0 Å². The molecule has 4 nitrogen and oxygen atoms in total. The van der Waals surface area contributed by atoms with Gasteiger partial charge in [0.2, 0.25) is 0 Å². The lowest BCUT2D eigenvalue weighted by atomic mass is 10.0. The van der Waals surface area contributed by atoms with E-state index >= 15 is 0 Å². The van der Waals surface area contributed by atoms with Gasteiger partial charge >= 0.3 is 5.97 Å². The van der Waals surface area contributed by atoms with E-state index in [-0.39, 0.29) is 12.5 Å². The molecule has 0 aliphatic carbocycles. The molecule has 1 aromatic carbocycles. The maximum atomic E-state index is 10.5. The van der Waals surface area contributed by atoms with Gasteiger partial charge in [-0.1, -0.05) is 13.0 Å². The summed E-state index contributed by atoms with van der Waals surface area (Å²) in [6.45, 7) is 2.74. The summed E-state index contributed by atoms with van der Waals surface area (Å²) in [4.78, 5) is 10.5. The molecule has 0 aliphatic heterocycles. The minimum atomic E-state index is -0.781. The quantitative estimate of drug-likeness (QED) is 0.765. The molecule has 0 radical (unpaired) electrons. The Hall–Kier alpha value is -1.07. The standard InChI is InChI=1S/C14H20BrNO3/c1-2-8-19-13-7-6-10(9-11(13)15)12(16)4-3-5-14(17)18/h6-7,9,12H,2-5,8,16H2,1H3,(H,17,18). The summed E-state index contributed by atoms with van der Waals surface area (Å²) in [7, 11) is 0. The number of nitrogens with two attached hydrogens (primary N) is 1. The van der Waals surface area contributed by atoms with Gasteiger partial charge in [-0.25, -0.2) is 0 Å². The highest BCUT2D eigenvalue weighted by Gasteiger charge is 2.10. The first-order chi connectivity index (χ1) is 9.04. The van der Waals surface area contributed by atoms with E-state index in [0.29, 0.717) is 19.4 Å². The van der Waals surface area contributed by atoms with Gasteiger partial charge in [0, 0.05) is 12.5 Å². The van der Waals surface area contributed by atoms with E-state index < -0.39 is 5.97 Å². The first kappa shape index (κ1) is 16.0. The molecular formula is C14H20BrNO3. The smallest absolute Gasteiger partial charge is 0.303 e. The Morgan fingerprint density at radius 1 is 1.53 bits per heavy atom. The van der Waals surface area contributed by atoms with E-state index in [0.717, 1.165) is 22.2 Å². The number of hydrogen-bond acceptors (Lipinski definition) is 3. The normalized spacial score (nSPS) is 12.2. The molecule has 1 unspecified atom stereocenters. The predicted octanol–water partition coefficient (Wildman–Crippen LogP) is 3.49. The first-order valence-corrected chi connectivity index (χ1v) is 7.23. The molecule has 106 valence electrons. The van der Waals surface area contributed by atoms with E-state index in [2.05, 4.69) is 22.9 Å². The Kier molecular flexibility index (Phi) is 6.87. The maximum absolute atomic E-state index is 10.5. The fourth-order valence-corrected chi connectivity index (χ4v) is 2.23. The van der Waals surface area contributed by atoms with E-state index in [1.165, 1.54) is 0 Å². The molecule has 5 heteroatoms. The van der Waals surface area contributed by atoms with Gasteiger partial charge in [0.1, 0.15) is 5.75 Å². The Morgan fingerprint density at radius 2 is 2.26 bits per heavy atom. The number of benzene rings is 1. The number of carbonyl (C=O) groups is 1. The maximum Gasteiger partial charge on any atom is 0.303 e. The molecule has 0 bridgehead atoms. The van der Waals surface area contributed by atoms with Gasteiger partial charge in [0.15, 0.2) is 0 Å². The second-order valence-electron chi connectivity index (χ2n) is 4.43. The minimum absolute atomic E-state index is 0.143. The van der Waals surface area contributed by atoms with Crippen molar-refractivity contribution in [2.45, 2.75) is 38.6 Å². The van der Waals surface area contributed by atoms with Gasteiger partial charge in [0.25, 0.3) is 0 Å². The fraction of sp³-hybridized carbons (Fsp3) is 0.500. The lowest BCUT2D eigenvalue weighted by molar-refractivity contribution is -0.137. The van der Waals surface area contributed by atoms with Gasteiger partial charge < -0.3 is 15.6 Å². The van der Waals surface area contributed by atoms with Crippen LogP contribution in [0, 0.1) is 0 Å². The zero-order chi connectivity index (χ0) is 14.3. The summed E-state index contributed by atoms with van der Waals surface area (Å²) >= 11 is 3.46. The zero-order valence-corrected chi connectivity index (χ0v) is 12.6. The molecule has 19 heavy (non-hydrogen) atoms. The van der Waals surface area contributed by atoms with Crippen LogP contribution in [-0.4, -0.2) is 17.7 Å². The molecule has 0 aromatic heterocycles. The van der Waals surface area contributed by atoms with Crippen molar-refractivity contribution >= 4 is 21.9 Å². The van der Waals surface area contributed by atoms with Crippen molar-refractivity contribution in [3.8, 4) is 5.75 Å². The molecule has 1 aromatic rings. The molecular weight excluding hydrogens is 310 g/mol. The van der Waals surface area contributed by atoms with Crippen molar-refractivity contribution in [2.24, 2.45) is 5.73 Å². The van der Waals surface area contributed by atoms with Crippen LogP contribution in [0.3, 0.4) is 0 Å². The minimum Gasteiger partial charge on any atom is -0.492 e. The molecule has 0 amide bonds. The highest BCUT2D eigenvalue weighted by Crippen LogP contribution is 2.29. The Labute approximate surface area is 122 Å². The number of hydrogen-bond donors (Lipinski definition) is 2. The molecule has 0 spiro atoms. The highest BCUT2D eigenvalue weighted by atomic mass is 79.9. The number of ether oxygens (including phenoxy) is 1. The van der Waals surface area contributed by atoms with Crippen LogP contribution in [0.2, 0.25) is 0 Å². The fourth-order valence-electron chi connectivity index (χ4n) is 1.72. The number of carboxylic acid groups (broad SMARTS) is 1. The summed E-state index contributed by atoms with van der Waals surface area (Å²) < 4.78 is 6.45. The van der Waals surface area contributed by atoms with Crippen molar-refractivity contribution in [3.05, 3.63) is 28.2 Å². The van der Waals surface area contributed by atoms with Gasteiger partial charge in [-0.05, 0) is 52.9 Å². The van der Waals surface area contributed by atoms with Crippen LogP contribution in [0.25, 0.3) is 0 Å². The predicted molar refractivity (Wildman–Crippen MR) is 78.3 cm³/mol. The zero-order valence-electron chi connectivity index (χ0n) is 11.1. The van der Waals surface area contributed by atoms with Gasteiger partial charge in [-0.15, -0.1) is 0 Å². The summed E-state index contributed by atoms with van der Waals surface area (Å²) in [5.41, 5.74) is 7.03. The molecule has 3 N–H and O–H groups in total. The topological polar surface area (TPSA) is 72.5 Å². The Balaban J connectivity index is 2.58. The third kappa shape index (κ3) is 5.61. The second kappa shape index (κ2) is 8.17. The van der Waals surface area contributed by atoms with Crippen LogP contribution < -0.4 is 10.5 Å². The van der Waals surface area contributed by atoms with Crippen LogP contribution in [0.4, 0.5) is 0 Å². The van der Waals surface area contributed by atoms with Crippen molar-refractivity contribution in [1.82, 2.24) is 0 Å². The third-order valence-electron chi connectivity index (χ3n) is 2.75. The molecule has 1 rings (SSSR count). The van der Waals surface area contributed by atoms with E-state index in [4.69, 9.17) is 15.6 Å². The molecule has 1 atom stereocenters. The van der Waals surface area contributed by atoms with E-state index in [1.807, 2.05) is 18.2 Å². The van der Waals surface area contributed by atoms with Crippen molar-refractivity contribution < 1.29 is 14.6 Å². The van der Waals surface area contributed by atoms with Crippen LogP contribution in [-0.2, 0) is 4.79 Å². The Morgan fingerprint density at radius 3 is 2.84 bits per heavy atom. The summed E-state index contributed by atoms with van der Waals surface area (Å²) in [6, 6.07) is 5.62. The summed E-state index contributed by atoms with van der Waals surface area (Å²) in [6.07, 6.45) is 2.37. The largest absolute Gasteiger partial charge is 0.492 e. The Bertz CT molecular complexity index is 423. The molecule has 0 saturated heterocycles. The van der Waals surface area contributed by atoms with Crippen molar-refractivity contribution in [1.29, 1.82) is 0 Å². The van der Waals surface area contributed by atoms with E-state index in [9.17, 15) is 4.79 Å². The summed E-state index contributed by atoms with van der Waals surface area (Å²) in [5, 5.41) is 8.60. The van der Waals surface area contributed by atoms with Crippen molar-refractivity contribution in [3.63, 3.8) is 0 Å².